The van der Waals surface area contributed by atoms with Crippen molar-refractivity contribution in [2.75, 3.05) is 19.7 Å². The zero-order valence-electron chi connectivity index (χ0n) is 19.6. The fraction of sp³-hybridized carbons (Fsp3) is 0.409. The lowest BCUT2D eigenvalue weighted by atomic mass is 10.0. The number of aromatic amines is 1. The highest BCUT2D eigenvalue weighted by Crippen LogP contribution is 2.19. The lowest BCUT2D eigenvalue weighted by Crippen LogP contribution is -2.57. The Balaban J connectivity index is 2.06. The molecule has 1 heterocycles. The first-order chi connectivity index (χ1) is 17.2. The van der Waals surface area contributed by atoms with E-state index < -0.39 is 48.4 Å². The van der Waals surface area contributed by atoms with E-state index in [1.54, 1.807) is 6.20 Å². The van der Waals surface area contributed by atoms with E-state index in [9.17, 15) is 29.4 Å². The van der Waals surface area contributed by atoms with Gasteiger partial charge in [0.1, 0.15) is 18.1 Å². The van der Waals surface area contributed by atoms with Crippen LogP contribution in [0.25, 0.3) is 10.9 Å². The van der Waals surface area contributed by atoms with Gasteiger partial charge in [0, 0.05) is 30.1 Å². The predicted octanol–water partition coefficient (Wildman–Crippen LogP) is -2.75. The van der Waals surface area contributed by atoms with Crippen molar-refractivity contribution < 1.29 is 29.4 Å². The first-order valence-electron chi connectivity index (χ1n) is 11.2. The molecule has 1 aromatic carbocycles. The largest absolute Gasteiger partial charge is 0.480 e. The number of aliphatic hydroxyl groups excluding tert-OH is 1. The number of guanidine groups is 1. The molecule has 0 fully saturated rings. The molecule has 196 valence electrons. The molecule has 36 heavy (non-hydrogen) atoms. The minimum atomic E-state index is -1.46. The van der Waals surface area contributed by atoms with E-state index in [-0.39, 0.29) is 31.9 Å². The van der Waals surface area contributed by atoms with E-state index in [0.717, 1.165) is 10.9 Å². The summed E-state index contributed by atoms with van der Waals surface area (Å²) in [7, 11) is 0. The number of nitrogens with one attached hydrogen (secondary N) is 4. The fourth-order valence-corrected chi connectivity index (χ4v) is 3.48. The number of H-pyrrole nitrogens is 1. The third kappa shape index (κ3) is 8.25. The molecular formula is C22H32N8O6. The first kappa shape index (κ1) is 28.1. The molecule has 0 aliphatic carbocycles. The van der Waals surface area contributed by atoms with Crippen LogP contribution in [0.3, 0.4) is 0 Å². The Morgan fingerprint density at radius 1 is 1.00 bits per heavy atom. The Kier molecular flexibility index (Phi) is 10.6. The minimum Gasteiger partial charge on any atom is -0.480 e. The lowest BCUT2D eigenvalue weighted by molar-refractivity contribution is -0.142. The van der Waals surface area contributed by atoms with Crippen LogP contribution in [-0.2, 0) is 25.6 Å². The van der Waals surface area contributed by atoms with Gasteiger partial charge in [-0.3, -0.25) is 19.4 Å². The number of carboxylic acids is 1. The zero-order chi connectivity index (χ0) is 26.7. The van der Waals surface area contributed by atoms with Gasteiger partial charge in [0.25, 0.3) is 0 Å². The maximum atomic E-state index is 12.8. The van der Waals surface area contributed by atoms with Crippen molar-refractivity contribution in [1.29, 1.82) is 0 Å². The number of carbonyl (C=O) groups excluding carboxylic acids is 3. The molecular weight excluding hydrogens is 472 g/mol. The summed E-state index contributed by atoms with van der Waals surface area (Å²) in [6, 6.07) is 3.43. The van der Waals surface area contributed by atoms with Crippen molar-refractivity contribution >= 4 is 40.6 Å². The van der Waals surface area contributed by atoms with E-state index in [1.165, 1.54) is 0 Å². The second-order valence-corrected chi connectivity index (χ2v) is 7.98. The topological polar surface area (TPSA) is 251 Å². The number of fused-ring (bicyclic) bond motifs is 1. The second kappa shape index (κ2) is 13.7. The van der Waals surface area contributed by atoms with E-state index in [1.807, 2.05) is 24.3 Å². The van der Waals surface area contributed by atoms with E-state index >= 15 is 0 Å². The molecule has 14 nitrogen and oxygen atoms in total. The van der Waals surface area contributed by atoms with Crippen molar-refractivity contribution in [2.24, 2.45) is 22.2 Å². The van der Waals surface area contributed by atoms with Gasteiger partial charge in [0.2, 0.25) is 17.7 Å². The number of nitrogens with two attached hydrogens (primary N) is 3. The zero-order valence-corrected chi connectivity index (χ0v) is 19.6. The van der Waals surface area contributed by atoms with Crippen molar-refractivity contribution in [3.63, 3.8) is 0 Å². The molecule has 0 aliphatic heterocycles. The summed E-state index contributed by atoms with van der Waals surface area (Å²) < 4.78 is 0. The summed E-state index contributed by atoms with van der Waals surface area (Å²) in [6.45, 7) is -0.971. The summed E-state index contributed by atoms with van der Waals surface area (Å²) >= 11 is 0. The molecule has 0 spiro atoms. The molecule has 0 saturated heterocycles. The highest BCUT2D eigenvalue weighted by molar-refractivity contribution is 5.94. The number of para-hydroxylation sites is 1. The van der Waals surface area contributed by atoms with Crippen LogP contribution in [0.2, 0.25) is 0 Å². The molecule has 12 N–H and O–H groups in total. The smallest absolute Gasteiger partial charge is 0.326 e. The Morgan fingerprint density at radius 2 is 1.67 bits per heavy atom. The molecule has 0 bridgehead atoms. The molecule has 2 aromatic rings. The van der Waals surface area contributed by atoms with Crippen LogP contribution in [0.1, 0.15) is 18.4 Å². The van der Waals surface area contributed by atoms with Crippen molar-refractivity contribution in [3.8, 4) is 0 Å². The number of hydrogen-bond donors (Lipinski definition) is 9. The third-order valence-corrected chi connectivity index (χ3v) is 5.31. The average Bonchev–Trinajstić information content (AvgIpc) is 3.26. The molecule has 3 atom stereocenters. The van der Waals surface area contributed by atoms with Crippen LogP contribution in [0.5, 0.6) is 0 Å². The number of benzene rings is 1. The maximum Gasteiger partial charge on any atom is 0.326 e. The quantitative estimate of drug-likeness (QED) is 0.0733. The van der Waals surface area contributed by atoms with Crippen LogP contribution in [-0.4, -0.2) is 82.7 Å². The van der Waals surface area contributed by atoms with Crippen LogP contribution in [0, 0.1) is 0 Å². The SMILES string of the molecule is NCC(=O)NC(CCCN=C(N)N)C(=O)NC(CO)C(=O)NC(Cc1c[nH]c2ccccc12)C(=O)O. The summed E-state index contributed by atoms with van der Waals surface area (Å²) in [5.41, 5.74) is 17.3. The molecule has 0 radical (unpaired) electrons. The van der Waals surface area contributed by atoms with Gasteiger partial charge in [-0.2, -0.15) is 0 Å². The standard InChI is InChI=1S/C22H32N8O6/c23-9-18(32)28-15(6-3-7-26-22(24)25)19(33)30-17(11-31)20(34)29-16(21(35)36)8-12-10-27-14-5-2-1-4-13(12)14/h1-2,4-5,10,15-17,27,31H,3,6-9,11,23H2,(H,28,32)(H,29,34)(H,30,33)(H,35,36)(H4,24,25,26). The predicted molar refractivity (Wildman–Crippen MR) is 131 cm³/mol. The number of nitrogens with zero attached hydrogens (tertiary/aromatic N) is 1. The first-order valence-corrected chi connectivity index (χ1v) is 11.2. The van der Waals surface area contributed by atoms with Crippen molar-refractivity contribution in [3.05, 3.63) is 36.0 Å². The Morgan fingerprint density at radius 3 is 2.31 bits per heavy atom. The number of carbonyl (C=O) groups is 4. The van der Waals surface area contributed by atoms with Gasteiger partial charge >= 0.3 is 5.97 Å². The molecule has 0 aliphatic rings. The number of aliphatic imine (C=N–C) groups is 1. The summed E-state index contributed by atoms with van der Waals surface area (Å²) in [5, 5.41) is 27.3. The number of aliphatic carboxylic acids is 1. The van der Waals surface area contributed by atoms with E-state index in [2.05, 4.69) is 25.9 Å². The number of aromatic nitrogens is 1. The Hall–Kier alpha value is -4.17. The van der Waals surface area contributed by atoms with E-state index in [4.69, 9.17) is 17.2 Å². The fourth-order valence-electron chi connectivity index (χ4n) is 3.48. The van der Waals surface area contributed by atoms with Crippen molar-refractivity contribution in [1.82, 2.24) is 20.9 Å². The molecule has 14 heteroatoms. The van der Waals surface area contributed by atoms with Crippen LogP contribution >= 0.6 is 0 Å². The van der Waals surface area contributed by atoms with Crippen LogP contribution < -0.4 is 33.2 Å². The van der Waals surface area contributed by atoms with Gasteiger partial charge in [-0.25, -0.2) is 4.79 Å². The third-order valence-electron chi connectivity index (χ3n) is 5.31. The van der Waals surface area contributed by atoms with Crippen molar-refractivity contribution in [2.45, 2.75) is 37.4 Å². The molecule has 3 unspecified atom stereocenters. The number of aliphatic hydroxyl groups is 1. The summed E-state index contributed by atoms with van der Waals surface area (Å²) in [6.07, 6.45) is 2.07. The summed E-state index contributed by atoms with van der Waals surface area (Å²) in [5.74, 6) is -3.68. The molecule has 0 saturated carbocycles. The highest BCUT2D eigenvalue weighted by atomic mass is 16.4. The van der Waals surface area contributed by atoms with Gasteiger partial charge in [0.15, 0.2) is 5.96 Å². The average molecular weight is 505 g/mol. The van der Waals surface area contributed by atoms with Gasteiger partial charge in [0.05, 0.1) is 13.2 Å². The van der Waals surface area contributed by atoms with Gasteiger partial charge in [-0.1, -0.05) is 18.2 Å². The van der Waals surface area contributed by atoms with E-state index in [0.29, 0.717) is 12.0 Å². The second-order valence-electron chi connectivity index (χ2n) is 7.98. The van der Waals surface area contributed by atoms with Gasteiger partial charge in [-0.15, -0.1) is 0 Å². The van der Waals surface area contributed by atoms with Crippen LogP contribution in [0.4, 0.5) is 0 Å². The molecule has 1 aromatic heterocycles. The Labute approximate surface area is 206 Å². The molecule has 2 rings (SSSR count). The van der Waals surface area contributed by atoms with Gasteiger partial charge in [-0.05, 0) is 24.5 Å². The highest BCUT2D eigenvalue weighted by Gasteiger charge is 2.29. The molecule has 3 amide bonds. The number of hydrogen-bond acceptors (Lipinski definition) is 7. The lowest BCUT2D eigenvalue weighted by Gasteiger charge is -2.23. The number of amides is 3. The van der Waals surface area contributed by atoms with Gasteiger partial charge < -0.3 is 48.3 Å². The normalized spacial score (nSPS) is 13.3. The number of carboxylic acid groups (broad SMARTS) is 1. The minimum absolute atomic E-state index is 0.0306. The van der Waals surface area contributed by atoms with Crippen LogP contribution in [0.15, 0.2) is 35.5 Å². The monoisotopic (exact) mass is 504 g/mol. The maximum absolute atomic E-state index is 12.8. The Bertz CT molecular complexity index is 1100. The number of rotatable bonds is 14. The summed E-state index contributed by atoms with van der Waals surface area (Å²) in [4.78, 5) is 55.9.